The highest BCUT2D eigenvalue weighted by Crippen LogP contribution is 2.25. The third-order valence-electron chi connectivity index (χ3n) is 3.71. The molecule has 0 aromatic carbocycles. The molecular weight excluding hydrogens is 244 g/mol. The second-order valence-corrected chi connectivity index (χ2v) is 4.93. The Balaban J connectivity index is 1.88. The Hall–Kier alpha value is -1.76. The molecule has 1 N–H and O–H groups in total. The van der Waals surface area contributed by atoms with Gasteiger partial charge in [-0.25, -0.2) is 0 Å². The molecule has 0 amide bonds. The van der Waals surface area contributed by atoms with Crippen LogP contribution in [0, 0.1) is 0 Å². The summed E-state index contributed by atoms with van der Waals surface area (Å²) in [5.41, 5.74) is 0.636. The maximum absolute atomic E-state index is 9.29. The molecule has 102 valence electrons. The standard InChI is InChI=1S/C12H18N6O/c19-9-8-17(10-4-2-1-3-5-10)12-7-6-11-13-15-16-18(11)14-12/h6-7,10,19H,1-5,8-9H2. The Morgan fingerprint density at radius 1 is 1.26 bits per heavy atom. The normalized spacial score (nSPS) is 16.9. The molecule has 3 rings (SSSR count). The number of hydrogen-bond donors (Lipinski definition) is 1. The van der Waals surface area contributed by atoms with E-state index < -0.39 is 0 Å². The van der Waals surface area contributed by atoms with E-state index in [2.05, 4.69) is 25.5 Å². The lowest BCUT2D eigenvalue weighted by atomic mass is 9.94. The van der Waals surface area contributed by atoms with Gasteiger partial charge in [0.15, 0.2) is 11.5 Å². The molecule has 1 saturated carbocycles. The Bertz CT molecular complexity index is 536. The van der Waals surface area contributed by atoms with Gasteiger partial charge in [-0.2, -0.15) is 0 Å². The average molecular weight is 262 g/mol. The van der Waals surface area contributed by atoms with Crippen LogP contribution in [0.5, 0.6) is 0 Å². The molecule has 1 aliphatic carbocycles. The van der Waals surface area contributed by atoms with Gasteiger partial charge in [-0.3, -0.25) is 0 Å². The van der Waals surface area contributed by atoms with E-state index in [1.807, 2.05) is 12.1 Å². The van der Waals surface area contributed by atoms with Crippen LogP contribution < -0.4 is 4.90 Å². The molecule has 0 unspecified atom stereocenters. The fourth-order valence-corrected chi connectivity index (χ4v) is 2.78. The lowest BCUT2D eigenvalue weighted by Crippen LogP contribution is -2.39. The van der Waals surface area contributed by atoms with Crippen molar-refractivity contribution in [2.24, 2.45) is 0 Å². The second kappa shape index (κ2) is 5.48. The van der Waals surface area contributed by atoms with E-state index in [0.717, 1.165) is 18.7 Å². The Morgan fingerprint density at radius 3 is 2.89 bits per heavy atom. The van der Waals surface area contributed by atoms with Crippen LogP contribution in [-0.4, -0.2) is 49.6 Å². The number of fused-ring (bicyclic) bond motifs is 1. The maximum Gasteiger partial charge on any atom is 0.200 e. The molecule has 1 fully saturated rings. The minimum absolute atomic E-state index is 0.131. The van der Waals surface area contributed by atoms with Crippen molar-refractivity contribution < 1.29 is 5.11 Å². The lowest BCUT2D eigenvalue weighted by molar-refractivity contribution is 0.289. The number of nitrogens with zero attached hydrogens (tertiary/aromatic N) is 6. The third kappa shape index (κ3) is 2.51. The van der Waals surface area contributed by atoms with E-state index in [-0.39, 0.29) is 6.61 Å². The van der Waals surface area contributed by atoms with Crippen LogP contribution in [-0.2, 0) is 0 Å². The zero-order valence-corrected chi connectivity index (χ0v) is 10.8. The highest BCUT2D eigenvalue weighted by molar-refractivity contribution is 5.45. The van der Waals surface area contributed by atoms with Crippen LogP contribution >= 0.6 is 0 Å². The van der Waals surface area contributed by atoms with Crippen LogP contribution in [0.3, 0.4) is 0 Å². The second-order valence-electron chi connectivity index (χ2n) is 4.93. The molecule has 0 saturated heterocycles. The summed E-state index contributed by atoms with van der Waals surface area (Å²) in [4.78, 5) is 2.18. The van der Waals surface area contributed by atoms with Crippen LogP contribution in [0.25, 0.3) is 5.65 Å². The summed E-state index contributed by atoms with van der Waals surface area (Å²) in [5.74, 6) is 0.834. The molecule has 0 aliphatic heterocycles. The first-order valence-electron chi connectivity index (χ1n) is 6.81. The van der Waals surface area contributed by atoms with Gasteiger partial charge in [0.25, 0.3) is 0 Å². The van der Waals surface area contributed by atoms with E-state index in [9.17, 15) is 5.11 Å². The Labute approximate surface area is 111 Å². The molecule has 7 nitrogen and oxygen atoms in total. The summed E-state index contributed by atoms with van der Waals surface area (Å²) in [6.07, 6.45) is 6.13. The van der Waals surface area contributed by atoms with E-state index in [1.54, 1.807) is 0 Å². The van der Waals surface area contributed by atoms with Gasteiger partial charge >= 0.3 is 0 Å². The van der Waals surface area contributed by atoms with Gasteiger partial charge in [0.05, 0.1) is 6.61 Å². The van der Waals surface area contributed by atoms with Gasteiger partial charge in [0.1, 0.15) is 0 Å². The highest BCUT2D eigenvalue weighted by Gasteiger charge is 2.22. The van der Waals surface area contributed by atoms with Gasteiger partial charge in [0.2, 0.25) is 0 Å². The third-order valence-corrected chi connectivity index (χ3v) is 3.71. The van der Waals surface area contributed by atoms with Gasteiger partial charge in [-0.15, -0.1) is 14.8 Å². The fourth-order valence-electron chi connectivity index (χ4n) is 2.78. The molecule has 0 bridgehead atoms. The molecule has 2 aromatic heterocycles. The monoisotopic (exact) mass is 262 g/mol. The van der Waals surface area contributed by atoms with Gasteiger partial charge in [0, 0.05) is 12.6 Å². The van der Waals surface area contributed by atoms with Crippen molar-refractivity contribution in [3.8, 4) is 0 Å². The zero-order chi connectivity index (χ0) is 13.1. The SMILES string of the molecule is OCCN(c1ccc2nnnn2n1)C1CCCCC1. The first-order chi connectivity index (χ1) is 9.38. The summed E-state index contributed by atoms with van der Waals surface area (Å²) in [7, 11) is 0. The molecule has 2 heterocycles. The van der Waals surface area contributed by atoms with Crippen molar-refractivity contribution in [1.82, 2.24) is 25.3 Å². The molecule has 2 aromatic rings. The average Bonchev–Trinajstić information content (AvgIpc) is 2.93. The highest BCUT2D eigenvalue weighted by atomic mass is 16.3. The molecule has 0 radical (unpaired) electrons. The van der Waals surface area contributed by atoms with Crippen molar-refractivity contribution in [2.45, 2.75) is 38.1 Å². The molecular formula is C12H18N6O. The predicted molar refractivity (Wildman–Crippen MR) is 69.9 cm³/mol. The van der Waals surface area contributed by atoms with Crippen LogP contribution in [0.2, 0.25) is 0 Å². The topological polar surface area (TPSA) is 79.4 Å². The smallest absolute Gasteiger partial charge is 0.200 e. The van der Waals surface area contributed by atoms with Crippen molar-refractivity contribution >= 4 is 11.5 Å². The number of tetrazole rings is 1. The predicted octanol–water partition coefficient (Wildman–Crippen LogP) is 0.651. The molecule has 7 heteroatoms. The number of hydrogen-bond acceptors (Lipinski definition) is 6. The minimum atomic E-state index is 0.131. The van der Waals surface area contributed by atoms with E-state index in [4.69, 9.17) is 0 Å². The molecule has 19 heavy (non-hydrogen) atoms. The summed E-state index contributed by atoms with van der Waals surface area (Å²) >= 11 is 0. The number of anilines is 1. The maximum atomic E-state index is 9.29. The largest absolute Gasteiger partial charge is 0.395 e. The Kier molecular flexibility index (Phi) is 3.54. The van der Waals surface area contributed by atoms with E-state index in [0.29, 0.717) is 18.2 Å². The van der Waals surface area contributed by atoms with Crippen molar-refractivity contribution in [3.63, 3.8) is 0 Å². The van der Waals surface area contributed by atoms with Crippen molar-refractivity contribution in [3.05, 3.63) is 12.1 Å². The number of aliphatic hydroxyl groups excluding tert-OH is 1. The lowest BCUT2D eigenvalue weighted by Gasteiger charge is -2.34. The van der Waals surface area contributed by atoms with Crippen molar-refractivity contribution in [2.75, 3.05) is 18.1 Å². The summed E-state index contributed by atoms with van der Waals surface area (Å²) in [6.45, 7) is 0.733. The molecule has 0 spiro atoms. The van der Waals surface area contributed by atoms with Gasteiger partial charge in [-0.05, 0) is 35.4 Å². The van der Waals surface area contributed by atoms with Gasteiger partial charge < -0.3 is 10.0 Å². The van der Waals surface area contributed by atoms with Crippen LogP contribution in [0.15, 0.2) is 12.1 Å². The minimum Gasteiger partial charge on any atom is -0.395 e. The fraction of sp³-hybridized carbons (Fsp3) is 0.667. The number of aliphatic hydroxyl groups is 1. The van der Waals surface area contributed by atoms with Gasteiger partial charge in [-0.1, -0.05) is 19.3 Å². The summed E-state index contributed by atoms with van der Waals surface area (Å²) < 4.78 is 1.43. The first-order valence-corrected chi connectivity index (χ1v) is 6.81. The van der Waals surface area contributed by atoms with Crippen LogP contribution in [0.1, 0.15) is 32.1 Å². The number of rotatable bonds is 4. The Morgan fingerprint density at radius 2 is 2.11 bits per heavy atom. The first kappa shape index (κ1) is 12.3. The van der Waals surface area contributed by atoms with Crippen LogP contribution in [0.4, 0.5) is 5.82 Å². The van der Waals surface area contributed by atoms with E-state index >= 15 is 0 Å². The number of aromatic nitrogens is 5. The summed E-state index contributed by atoms with van der Waals surface area (Å²) in [6, 6.07) is 4.24. The molecule has 1 aliphatic rings. The summed E-state index contributed by atoms with van der Waals surface area (Å²) in [5, 5.41) is 25.0. The zero-order valence-electron chi connectivity index (χ0n) is 10.8. The quantitative estimate of drug-likeness (QED) is 0.871. The molecule has 0 atom stereocenters. The van der Waals surface area contributed by atoms with Crippen molar-refractivity contribution in [1.29, 1.82) is 0 Å². The van der Waals surface area contributed by atoms with E-state index in [1.165, 1.54) is 23.9 Å².